The van der Waals surface area contributed by atoms with Crippen LogP contribution in [-0.4, -0.2) is 36.1 Å². The van der Waals surface area contributed by atoms with Crippen LogP contribution in [0.5, 0.6) is 5.75 Å². The van der Waals surface area contributed by atoms with Gasteiger partial charge in [-0.2, -0.15) is 0 Å². The number of halogens is 1. The monoisotopic (exact) mass is 271 g/mol. The SMILES string of the molecule is CCCNC(C)c1ccc(OCC(O)CO)c(F)c1. The number of rotatable bonds is 8. The maximum Gasteiger partial charge on any atom is 0.165 e. The molecule has 0 fully saturated rings. The van der Waals surface area contributed by atoms with Crippen molar-refractivity contribution in [2.45, 2.75) is 32.4 Å². The fourth-order valence-corrected chi connectivity index (χ4v) is 1.62. The van der Waals surface area contributed by atoms with Crippen molar-refractivity contribution < 1.29 is 19.3 Å². The van der Waals surface area contributed by atoms with Gasteiger partial charge >= 0.3 is 0 Å². The number of nitrogens with one attached hydrogen (secondary N) is 1. The van der Waals surface area contributed by atoms with Gasteiger partial charge in [-0.1, -0.05) is 13.0 Å². The molecule has 0 saturated heterocycles. The summed E-state index contributed by atoms with van der Waals surface area (Å²) >= 11 is 0. The van der Waals surface area contributed by atoms with E-state index in [4.69, 9.17) is 14.9 Å². The van der Waals surface area contributed by atoms with E-state index in [2.05, 4.69) is 12.2 Å². The summed E-state index contributed by atoms with van der Waals surface area (Å²) in [5.41, 5.74) is 0.848. The Kier molecular flexibility index (Phi) is 6.77. The lowest BCUT2D eigenvalue weighted by atomic mass is 10.1. The zero-order valence-electron chi connectivity index (χ0n) is 11.4. The van der Waals surface area contributed by atoms with E-state index in [1.807, 2.05) is 6.92 Å². The fraction of sp³-hybridized carbons (Fsp3) is 0.571. The third kappa shape index (κ3) is 5.14. The lowest BCUT2D eigenvalue weighted by molar-refractivity contribution is 0.0523. The van der Waals surface area contributed by atoms with Crippen LogP contribution in [0.15, 0.2) is 18.2 Å². The smallest absolute Gasteiger partial charge is 0.165 e. The molecular weight excluding hydrogens is 249 g/mol. The summed E-state index contributed by atoms with van der Waals surface area (Å²) < 4.78 is 18.9. The molecule has 3 N–H and O–H groups in total. The van der Waals surface area contributed by atoms with Gasteiger partial charge in [-0.05, 0) is 37.6 Å². The van der Waals surface area contributed by atoms with E-state index >= 15 is 0 Å². The minimum Gasteiger partial charge on any atom is -0.488 e. The first-order valence-electron chi connectivity index (χ1n) is 6.53. The van der Waals surface area contributed by atoms with Gasteiger partial charge in [0.1, 0.15) is 12.7 Å². The highest BCUT2D eigenvalue weighted by Gasteiger charge is 2.11. The van der Waals surface area contributed by atoms with Gasteiger partial charge in [0.05, 0.1) is 6.61 Å². The van der Waals surface area contributed by atoms with Gasteiger partial charge in [-0.15, -0.1) is 0 Å². The Bertz CT molecular complexity index is 387. The number of hydrogen-bond donors (Lipinski definition) is 3. The lowest BCUT2D eigenvalue weighted by Crippen LogP contribution is -2.22. The van der Waals surface area contributed by atoms with Crippen molar-refractivity contribution >= 4 is 0 Å². The van der Waals surface area contributed by atoms with Gasteiger partial charge < -0.3 is 20.3 Å². The highest BCUT2D eigenvalue weighted by atomic mass is 19.1. The average Bonchev–Trinajstić information content (AvgIpc) is 2.42. The lowest BCUT2D eigenvalue weighted by Gasteiger charge is -2.15. The van der Waals surface area contributed by atoms with E-state index in [1.165, 1.54) is 6.07 Å². The third-order valence-electron chi connectivity index (χ3n) is 2.80. The molecule has 0 bridgehead atoms. The molecule has 4 nitrogen and oxygen atoms in total. The minimum absolute atomic E-state index is 0.0755. The molecule has 0 aliphatic carbocycles. The molecule has 0 radical (unpaired) electrons. The molecule has 1 aromatic carbocycles. The van der Waals surface area contributed by atoms with Crippen LogP contribution in [0.3, 0.4) is 0 Å². The number of aliphatic hydroxyl groups excluding tert-OH is 2. The molecule has 108 valence electrons. The molecule has 5 heteroatoms. The molecule has 0 spiro atoms. The zero-order valence-corrected chi connectivity index (χ0v) is 11.4. The number of benzene rings is 1. The fourth-order valence-electron chi connectivity index (χ4n) is 1.62. The number of hydrogen-bond acceptors (Lipinski definition) is 4. The van der Waals surface area contributed by atoms with Gasteiger partial charge in [-0.3, -0.25) is 0 Å². The van der Waals surface area contributed by atoms with Crippen LogP contribution in [0.4, 0.5) is 4.39 Å². The Morgan fingerprint density at radius 3 is 2.74 bits per heavy atom. The van der Waals surface area contributed by atoms with E-state index in [0.29, 0.717) is 0 Å². The van der Waals surface area contributed by atoms with Crippen LogP contribution >= 0.6 is 0 Å². The van der Waals surface area contributed by atoms with Gasteiger partial charge in [0.15, 0.2) is 11.6 Å². The van der Waals surface area contributed by atoms with E-state index in [1.54, 1.807) is 12.1 Å². The number of aliphatic hydroxyl groups is 2. The molecule has 2 atom stereocenters. The van der Waals surface area contributed by atoms with Gasteiger partial charge in [-0.25, -0.2) is 4.39 Å². The van der Waals surface area contributed by atoms with Crippen molar-refractivity contribution in [3.05, 3.63) is 29.6 Å². The molecule has 0 heterocycles. The van der Waals surface area contributed by atoms with E-state index in [9.17, 15) is 4.39 Å². The normalized spacial score (nSPS) is 14.2. The molecule has 0 aliphatic heterocycles. The standard InChI is InChI=1S/C14H22FNO3/c1-3-6-16-10(2)11-4-5-14(13(15)7-11)19-9-12(18)8-17/h4-5,7,10,12,16-18H,3,6,8-9H2,1-2H3. The van der Waals surface area contributed by atoms with Crippen molar-refractivity contribution in [2.24, 2.45) is 0 Å². The van der Waals surface area contributed by atoms with Gasteiger partial charge in [0.25, 0.3) is 0 Å². The molecular formula is C14H22FNO3. The van der Waals surface area contributed by atoms with Crippen LogP contribution in [0.2, 0.25) is 0 Å². The second-order valence-corrected chi connectivity index (χ2v) is 4.51. The van der Waals surface area contributed by atoms with Crippen LogP contribution in [0, 0.1) is 5.82 Å². The van der Waals surface area contributed by atoms with E-state index < -0.39 is 18.5 Å². The molecule has 0 amide bonds. The van der Waals surface area contributed by atoms with E-state index in [0.717, 1.165) is 18.5 Å². The number of ether oxygens (including phenoxy) is 1. The van der Waals surface area contributed by atoms with Crippen molar-refractivity contribution in [1.82, 2.24) is 5.32 Å². The molecule has 0 aliphatic rings. The molecule has 1 aromatic rings. The summed E-state index contributed by atoms with van der Waals surface area (Å²) in [6.45, 7) is 4.39. The highest BCUT2D eigenvalue weighted by Crippen LogP contribution is 2.22. The second kappa shape index (κ2) is 8.09. The Balaban J connectivity index is 2.63. The maximum absolute atomic E-state index is 13.8. The Labute approximate surface area is 113 Å². The zero-order chi connectivity index (χ0) is 14.3. The van der Waals surface area contributed by atoms with Crippen LogP contribution in [0.25, 0.3) is 0 Å². The first-order valence-corrected chi connectivity index (χ1v) is 6.53. The molecule has 0 saturated carbocycles. The summed E-state index contributed by atoms with van der Waals surface area (Å²) in [4.78, 5) is 0. The Morgan fingerprint density at radius 1 is 1.42 bits per heavy atom. The molecule has 1 rings (SSSR count). The second-order valence-electron chi connectivity index (χ2n) is 4.51. The summed E-state index contributed by atoms with van der Waals surface area (Å²) in [5.74, 6) is -0.383. The van der Waals surface area contributed by atoms with Gasteiger partial charge in [0.2, 0.25) is 0 Å². The van der Waals surface area contributed by atoms with Crippen LogP contribution < -0.4 is 10.1 Å². The predicted octanol–water partition coefficient (Wildman–Crippen LogP) is 1.62. The van der Waals surface area contributed by atoms with Crippen molar-refractivity contribution in [3.63, 3.8) is 0 Å². The Hall–Kier alpha value is -1.17. The third-order valence-corrected chi connectivity index (χ3v) is 2.80. The highest BCUT2D eigenvalue weighted by molar-refractivity contribution is 5.30. The first kappa shape index (κ1) is 15.9. The predicted molar refractivity (Wildman–Crippen MR) is 71.7 cm³/mol. The van der Waals surface area contributed by atoms with Gasteiger partial charge in [0, 0.05) is 6.04 Å². The Morgan fingerprint density at radius 2 is 2.16 bits per heavy atom. The van der Waals surface area contributed by atoms with Crippen LogP contribution in [0.1, 0.15) is 31.9 Å². The summed E-state index contributed by atoms with van der Waals surface area (Å²) in [5, 5.41) is 21.1. The average molecular weight is 271 g/mol. The van der Waals surface area contributed by atoms with Crippen molar-refractivity contribution in [2.75, 3.05) is 19.8 Å². The summed E-state index contributed by atoms with van der Waals surface area (Å²) in [7, 11) is 0. The minimum atomic E-state index is -0.996. The quantitative estimate of drug-likeness (QED) is 0.672. The summed E-state index contributed by atoms with van der Waals surface area (Å²) in [6, 6.07) is 4.83. The first-order chi connectivity index (χ1) is 9.08. The maximum atomic E-state index is 13.8. The van der Waals surface area contributed by atoms with E-state index in [-0.39, 0.29) is 18.4 Å². The summed E-state index contributed by atoms with van der Waals surface area (Å²) in [6.07, 6.45) is 0.0248. The largest absolute Gasteiger partial charge is 0.488 e. The molecule has 19 heavy (non-hydrogen) atoms. The van der Waals surface area contributed by atoms with Crippen molar-refractivity contribution in [3.8, 4) is 5.75 Å². The topological polar surface area (TPSA) is 61.7 Å². The van der Waals surface area contributed by atoms with Crippen LogP contribution in [-0.2, 0) is 0 Å². The van der Waals surface area contributed by atoms with Crippen molar-refractivity contribution in [1.29, 1.82) is 0 Å². The molecule has 0 aromatic heterocycles. The molecule has 2 unspecified atom stereocenters.